The Kier molecular flexibility index (Phi) is 2.46. The van der Waals surface area contributed by atoms with E-state index in [-0.39, 0.29) is 34.0 Å². The van der Waals surface area contributed by atoms with E-state index in [0.29, 0.717) is 0 Å². The maximum Gasteiger partial charge on any atom is 0.340 e. The molecule has 8 nitrogen and oxygen atoms in total. The van der Waals surface area contributed by atoms with E-state index in [2.05, 4.69) is 0 Å². The molecular formula is C15H10O8. The Balaban J connectivity index is 2.07. The lowest BCUT2D eigenvalue weighted by Crippen LogP contribution is -2.42. The molecule has 23 heavy (non-hydrogen) atoms. The van der Waals surface area contributed by atoms with Gasteiger partial charge in [-0.3, -0.25) is 0 Å². The number of methoxy groups -OCH3 is 1. The van der Waals surface area contributed by atoms with Crippen LogP contribution < -0.4 is 4.74 Å². The number of phenolic OH excluding ortho intramolecular Hbond substituents is 2. The van der Waals surface area contributed by atoms with Crippen molar-refractivity contribution in [1.82, 2.24) is 0 Å². The SMILES string of the molecule is COC1=C(O)C=C2C(=O)Oc3c(O)c(O)cc4c3[C@H]2[C@@H]1OC4=O. The summed E-state index contributed by atoms with van der Waals surface area (Å²) in [5.41, 5.74) is 0.265. The van der Waals surface area contributed by atoms with E-state index in [4.69, 9.17) is 14.2 Å². The van der Waals surface area contributed by atoms with E-state index in [1.165, 1.54) is 13.2 Å². The van der Waals surface area contributed by atoms with Crippen LogP contribution in [0.5, 0.6) is 17.2 Å². The van der Waals surface area contributed by atoms with Gasteiger partial charge in [0.25, 0.3) is 0 Å². The topological polar surface area (TPSA) is 123 Å². The first-order valence-electron chi connectivity index (χ1n) is 6.64. The molecule has 2 aliphatic heterocycles. The molecule has 118 valence electrons. The molecule has 0 amide bonds. The van der Waals surface area contributed by atoms with Gasteiger partial charge in [0.2, 0.25) is 5.75 Å². The van der Waals surface area contributed by atoms with E-state index < -0.39 is 35.5 Å². The number of aliphatic hydroxyl groups is 1. The van der Waals surface area contributed by atoms with E-state index in [9.17, 15) is 24.9 Å². The third-order valence-corrected chi connectivity index (χ3v) is 4.13. The van der Waals surface area contributed by atoms with Crippen molar-refractivity contribution in [1.29, 1.82) is 0 Å². The van der Waals surface area contributed by atoms with Crippen molar-refractivity contribution in [3.05, 3.63) is 40.4 Å². The lowest BCUT2D eigenvalue weighted by molar-refractivity contribution is -0.132. The molecule has 1 aromatic rings. The Labute approximate surface area is 128 Å². The smallest absolute Gasteiger partial charge is 0.340 e. The summed E-state index contributed by atoms with van der Waals surface area (Å²) in [6.07, 6.45) is 0.119. The van der Waals surface area contributed by atoms with Gasteiger partial charge in [0.1, 0.15) is 0 Å². The number of benzene rings is 1. The quantitative estimate of drug-likeness (QED) is 0.398. The fourth-order valence-corrected chi connectivity index (χ4v) is 3.16. The normalized spacial score (nSPS) is 24.5. The van der Waals surface area contributed by atoms with E-state index in [1.807, 2.05) is 0 Å². The van der Waals surface area contributed by atoms with Crippen LogP contribution in [0.3, 0.4) is 0 Å². The molecule has 3 aliphatic rings. The van der Waals surface area contributed by atoms with Crippen molar-refractivity contribution < 1.29 is 39.1 Å². The molecule has 0 saturated heterocycles. The predicted octanol–water partition coefficient (Wildman–Crippen LogP) is 0.995. The van der Waals surface area contributed by atoms with Gasteiger partial charge in [0, 0.05) is 5.56 Å². The highest BCUT2D eigenvalue weighted by molar-refractivity contribution is 6.02. The second kappa shape index (κ2) is 4.19. The third kappa shape index (κ3) is 1.54. The number of carbonyl (C=O) groups is 2. The summed E-state index contributed by atoms with van der Waals surface area (Å²) in [5.74, 6) is -4.28. The van der Waals surface area contributed by atoms with Gasteiger partial charge in [0.05, 0.1) is 24.2 Å². The van der Waals surface area contributed by atoms with Gasteiger partial charge < -0.3 is 29.5 Å². The van der Waals surface area contributed by atoms with Crippen LogP contribution in [-0.2, 0) is 14.3 Å². The summed E-state index contributed by atoms with van der Waals surface area (Å²) < 4.78 is 15.4. The minimum absolute atomic E-state index is 0.00837. The van der Waals surface area contributed by atoms with Crippen molar-refractivity contribution in [2.24, 2.45) is 0 Å². The molecular weight excluding hydrogens is 308 g/mol. The molecule has 1 aromatic carbocycles. The van der Waals surface area contributed by atoms with Gasteiger partial charge in [-0.25, -0.2) is 9.59 Å². The molecule has 0 fully saturated rings. The van der Waals surface area contributed by atoms with Crippen molar-refractivity contribution >= 4 is 11.9 Å². The number of esters is 2. The molecule has 0 bridgehead atoms. The number of hydrogen-bond acceptors (Lipinski definition) is 8. The Morgan fingerprint density at radius 2 is 1.91 bits per heavy atom. The van der Waals surface area contributed by atoms with Crippen LogP contribution in [0.1, 0.15) is 21.8 Å². The fourth-order valence-electron chi connectivity index (χ4n) is 3.16. The van der Waals surface area contributed by atoms with Crippen LogP contribution in [-0.4, -0.2) is 40.5 Å². The first-order valence-corrected chi connectivity index (χ1v) is 6.64. The number of rotatable bonds is 1. The molecule has 3 N–H and O–H groups in total. The van der Waals surface area contributed by atoms with Crippen LogP contribution >= 0.6 is 0 Å². The van der Waals surface area contributed by atoms with Crippen LogP contribution in [0, 0.1) is 0 Å². The molecule has 2 heterocycles. The first-order chi connectivity index (χ1) is 10.9. The molecule has 0 aromatic heterocycles. The highest BCUT2D eigenvalue weighted by Crippen LogP contribution is 2.54. The molecule has 2 atom stereocenters. The van der Waals surface area contributed by atoms with Crippen molar-refractivity contribution in [2.75, 3.05) is 7.11 Å². The average molecular weight is 318 g/mol. The standard InChI is InChI=1S/C15H10O8/c1-21-11-7(17)3-5-9-8-4(15(20)23-13(9)11)2-6(16)10(18)12(8)22-14(5)19/h2-3,9,13,16-18H,1H3/t9-,13-/m0/s1. The maximum absolute atomic E-state index is 12.2. The lowest BCUT2D eigenvalue weighted by atomic mass is 9.76. The molecule has 8 heteroatoms. The summed E-state index contributed by atoms with van der Waals surface area (Å²) in [6.45, 7) is 0. The highest BCUT2D eigenvalue weighted by atomic mass is 16.6. The van der Waals surface area contributed by atoms with Gasteiger partial charge in [-0.2, -0.15) is 0 Å². The summed E-state index contributed by atoms with van der Waals surface area (Å²) in [4.78, 5) is 24.4. The zero-order chi connectivity index (χ0) is 16.5. The molecule has 0 saturated carbocycles. The van der Waals surface area contributed by atoms with Crippen LogP contribution in [0.15, 0.2) is 29.2 Å². The highest BCUT2D eigenvalue weighted by Gasteiger charge is 2.51. The fraction of sp³-hybridized carbons (Fsp3) is 0.200. The number of aliphatic hydroxyl groups excluding tert-OH is 1. The number of ether oxygens (including phenoxy) is 3. The minimum atomic E-state index is -1.06. The Morgan fingerprint density at radius 1 is 1.17 bits per heavy atom. The third-order valence-electron chi connectivity index (χ3n) is 4.13. The average Bonchev–Trinajstić information content (AvgIpc) is 2.51. The molecule has 4 rings (SSSR count). The number of aromatic hydroxyl groups is 2. The number of hydrogen-bond donors (Lipinski definition) is 3. The molecule has 1 aliphatic carbocycles. The van der Waals surface area contributed by atoms with Crippen molar-refractivity contribution in [2.45, 2.75) is 12.0 Å². The summed E-state index contributed by atoms with van der Waals surface area (Å²) in [5, 5.41) is 29.6. The molecule has 0 spiro atoms. The summed E-state index contributed by atoms with van der Waals surface area (Å²) >= 11 is 0. The van der Waals surface area contributed by atoms with Crippen LogP contribution in [0.4, 0.5) is 0 Å². The van der Waals surface area contributed by atoms with E-state index in [0.717, 1.165) is 6.07 Å². The summed E-state index contributed by atoms with van der Waals surface area (Å²) in [6, 6.07) is 1.05. The summed E-state index contributed by atoms with van der Waals surface area (Å²) in [7, 11) is 1.30. The number of carbonyl (C=O) groups excluding carboxylic acids is 2. The lowest BCUT2D eigenvalue weighted by Gasteiger charge is -2.39. The second-order valence-corrected chi connectivity index (χ2v) is 5.28. The Hall–Kier alpha value is -3.16. The Bertz CT molecular complexity index is 848. The van der Waals surface area contributed by atoms with Gasteiger partial charge in [0.15, 0.2) is 29.1 Å². The molecule has 0 unspecified atom stereocenters. The van der Waals surface area contributed by atoms with Crippen molar-refractivity contribution in [3.63, 3.8) is 0 Å². The predicted molar refractivity (Wildman–Crippen MR) is 72.1 cm³/mol. The van der Waals surface area contributed by atoms with E-state index >= 15 is 0 Å². The second-order valence-electron chi connectivity index (χ2n) is 5.28. The largest absolute Gasteiger partial charge is 0.504 e. The van der Waals surface area contributed by atoms with Crippen LogP contribution in [0.2, 0.25) is 0 Å². The van der Waals surface area contributed by atoms with Crippen molar-refractivity contribution in [3.8, 4) is 17.2 Å². The number of phenols is 2. The zero-order valence-corrected chi connectivity index (χ0v) is 11.7. The maximum atomic E-state index is 12.2. The minimum Gasteiger partial charge on any atom is -0.504 e. The van der Waals surface area contributed by atoms with Gasteiger partial charge in [-0.05, 0) is 12.1 Å². The van der Waals surface area contributed by atoms with E-state index in [1.54, 1.807) is 0 Å². The van der Waals surface area contributed by atoms with Gasteiger partial charge in [-0.1, -0.05) is 0 Å². The molecule has 0 radical (unpaired) electrons. The van der Waals surface area contributed by atoms with Gasteiger partial charge >= 0.3 is 11.9 Å². The monoisotopic (exact) mass is 318 g/mol. The Morgan fingerprint density at radius 3 is 2.61 bits per heavy atom. The van der Waals surface area contributed by atoms with Crippen LogP contribution in [0.25, 0.3) is 0 Å². The first kappa shape index (κ1) is 13.5. The van der Waals surface area contributed by atoms with Gasteiger partial charge in [-0.15, -0.1) is 0 Å². The zero-order valence-electron chi connectivity index (χ0n) is 11.7. The number of allylic oxidation sites excluding steroid dienone is 1.